The second-order valence-electron chi connectivity index (χ2n) is 2.68. The molecular formula is C8H11N3O2. The van der Waals surface area contributed by atoms with Crippen LogP contribution in [-0.4, -0.2) is 27.1 Å². The number of carboxylic acid groups (broad SMARTS) is 1. The molecule has 0 bridgehead atoms. The highest BCUT2D eigenvalue weighted by atomic mass is 16.4. The van der Waals surface area contributed by atoms with E-state index in [2.05, 4.69) is 9.97 Å². The van der Waals surface area contributed by atoms with E-state index in [4.69, 9.17) is 10.8 Å². The summed E-state index contributed by atoms with van der Waals surface area (Å²) in [5.74, 6) is -0.978. The number of aliphatic carboxylic acids is 1. The van der Waals surface area contributed by atoms with Crippen LogP contribution in [0.15, 0.2) is 18.6 Å². The van der Waals surface area contributed by atoms with Crippen LogP contribution < -0.4 is 5.73 Å². The SMILES string of the molecule is NC(CCc1ccncn1)C(=O)O. The number of aromatic nitrogens is 2. The maximum absolute atomic E-state index is 10.4. The molecule has 1 aromatic heterocycles. The lowest BCUT2D eigenvalue weighted by Gasteiger charge is -2.04. The van der Waals surface area contributed by atoms with Crippen molar-refractivity contribution in [1.29, 1.82) is 0 Å². The topological polar surface area (TPSA) is 89.1 Å². The zero-order valence-corrected chi connectivity index (χ0v) is 7.05. The van der Waals surface area contributed by atoms with Crippen molar-refractivity contribution >= 4 is 5.97 Å². The predicted molar refractivity (Wildman–Crippen MR) is 46.0 cm³/mol. The summed E-state index contributed by atoms with van der Waals surface area (Å²) in [4.78, 5) is 18.1. The number of hydrogen-bond donors (Lipinski definition) is 2. The molecule has 1 heterocycles. The van der Waals surface area contributed by atoms with Gasteiger partial charge in [0, 0.05) is 11.9 Å². The number of carboxylic acids is 1. The lowest BCUT2D eigenvalue weighted by molar-refractivity contribution is -0.138. The van der Waals surface area contributed by atoms with Crippen LogP contribution in [0.4, 0.5) is 0 Å². The van der Waals surface area contributed by atoms with Crippen molar-refractivity contribution in [1.82, 2.24) is 9.97 Å². The van der Waals surface area contributed by atoms with Gasteiger partial charge < -0.3 is 10.8 Å². The summed E-state index contributed by atoms with van der Waals surface area (Å²) in [5.41, 5.74) is 6.13. The minimum Gasteiger partial charge on any atom is -0.480 e. The summed E-state index contributed by atoms with van der Waals surface area (Å²) in [6.45, 7) is 0. The Morgan fingerprint density at radius 2 is 2.46 bits per heavy atom. The highest BCUT2D eigenvalue weighted by Crippen LogP contribution is 1.99. The number of aryl methyl sites for hydroxylation is 1. The molecule has 0 aliphatic heterocycles. The van der Waals surface area contributed by atoms with E-state index >= 15 is 0 Å². The molecule has 1 aromatic rings. The molecule has 0 aromatic carbocycles. The summed E-state index contributed by atoms with van der Waals surface area (Å²) in [6, 6.07) is 0.934. The van der Waals surface area contributed by atoms with E-state index in [1.165, 1.54) is 6.33 Å². The predicted octanol–water partition coefficient (Wildman–Crippen LogP) is -0.179. The molecule has 0 radical (unpaired) electrons. The second-order valence-corrected chi connectivity index (χ2v) is 2.68. The van der Waals surface area contributed by atoms with Crippen LogP contribution in [0.1, 0.15) is 12.1 Å². The third-order valence-corrected chi connectivity index (χ3v) is 1.67. The standard InChI is InChI=1S/C8H11N3O2/c9-7(8(12)13)2-1-6-3-4-10-5-11-6/h3-5,7H,1-2,9H2,(H,12,13). The summed E-state index contributed by atoms with van der Waals surface area (Å²) >= 11 is 0. The van der Waals surface area contributed by atoms with Gasteiger partial charge in [-0.1, -0.05) is 0 Å². The van der Waals surface area contributed by atoms with Gasteiger partial charge in [0.25, 0.3) is 0 Å². The molecule has 3 N–H and O–H groups in total. The van der Waals surface area contributed by atoms with Crippen LogP contribution in [-0.2, 0) is 11.2 Å². The Morgan fingerprint density at radius 3 is 3.00 bits per heavy atom. The van der Waals surface area contributed by atoms with Gasteiger partial charge in [-0.3, -0.25) is 4.79 Å². The monoisotopic (exact) mass is 181 g/mol. The lowest BCUT2D eigenvalue weighted by Crippen LogP contribution is -2.30. The number of rotatable bonds is 4. The summed E-state index contributed by atoms with van der Waals surface area (Å²) in [5, 5.41) is 8.50. The average molecular weight is 181 g/mol. The first kappa shape index (κ1) is 9.60. The van der Waals surface area contributed by atoms with Crippen molar-refractivity contribution in [2.75, 3.05) is 0 Å². The Hall–Kier alpha value is -1.49. The number of nitrogens with two attached hydrogens (primary N) is 1. The minimum absolute atomic E-state index is 0.395. The van der Waals surface area contributed by atoms with Crippen molar-refractivity contribution in [3.05, 3.63) is 24.3 Å². The molecule has 70 valence electrons. The first-order valence-electron chi connectivity index (χ1n) is 3.93. The highest BCUT2D eigenvalue weighted by molar-refractivity contribution is 5.72. The van der Waals surface area contributed by atoms with Crippen molar-refractivity contribution in [3.63, 3.8) is 0 Å². The van der Waals surface area contributed by atoms with Crippen LogP contribution in [0.5, 0.6) is 0 Å². The largest absolute Gasteiger partial charge is 0.480 e. The van der Waals surface area contributed by atoms with Gasteiger partial charge in [0.05, 0.1) is 0 Å². The number of hydrogen-bond acceptors (Lipinski definition) is 4. The normalized spacial score (nSPS) is 12.4. The fraction of sp³-hybridized carbons (Fsp3) is 0.375. The quantitative estimate of drug-likeness (QED) is 0.672. The average Bonchev–Trinajstić information content (AvgIpc) is 2.15. The van der Waals surface area contributed by atoms with E-state index in [9.17, 15) is 4.79 Å². The third-order valence-electron chi connectivity index (χ3n) is 1.67. The molecule has 0 spiro atoms. The highest BCUT2D eigenvalue weighted by Gasteiger charge is 2.10. The first-order chi connectivity index (χ1) is 6.20. The van der Waals surface area contributed by atoms with Gasteiger partial charge >= 0.3 is 5.97 Å². The van der Waals surface area contributed by atoms with Gasteiger partial charge in [-0.05, 0) is 18.9 Å². The Balaban J connectivity index is 2.39. The maximum Gasteiger partial charge on any atom is 0.320 e. The third kappa shape index (κ3) is 3.16. The van der Waals surface area contributed by atoms with Crippen molar-refractivity contribution in [3.8, 4) is 0 Å². The molecule has 0 aliphatic carbocycles. The minimum atomic E-state index is -0.978. The Morgan fingerprint density at radius 1 is 1.69 bits per heavy atom. The number of nitrogens with zero attached hydrogens (tertiary/aromatic N) is 2. The van der Waals surface area contributed by atoms with Crippen molar-refractivity contribution in [2.24, 2.45) is 5.73 Å². The second kappa shape index (κ2) is 4.51. The Labute approximate surface area is 75.6 Å². The molecule has 0 fully saturated rings. The Kier molecular flexibility index (Phi) is 3.33. The summed E-state index contributed by atoms with van der Waals surface area (Å²) in [6.07, 6.45) is 4.01. The molecule has 0 saturated heterocycles. The maximum atomic E-state index is 10.4. The van der Waals surface area contributed by atoms with Crippen LogP contribution >= 0.6 is 0 Å². The molecular weight excluding hydrogens is 170 g/mol. The summed E-state index contributed by atoms with van der Waals surface area (Å²) in [7, 11) is 0. The van der Waals surface area contributed by atoms with E-state index in [0.29, 0.717) is 12.8 Å². The van der Waals surface area contributed by atoms with Gasteiger partial charge in [-0.2, -0.15) is 0 Å². The van der Waals surface area contributed by atoms with Gasteiger partial charge in [-0.25, -0.2) is 9.97 Å². The smallest absolute Gasteiger partial charge is 0.320 e. The molecule has 5 heteroatoms. The molecule has 0 amide bonds. The zero-order chi connectivity index (χ0) is 9.68. The molecule has 1 atom stereocenters. The van der Waals surface area contributed by atoms with E-state index in [-0.39, 0.29) is 0 Å². The molecule has 0 aliphatic rings. The van der Waals surface area contributed by atoms with Crippen LogP contribution in [0.25, 0.3) is 0 Å². The Bertz CT molecular complexity index is 276. The van der Waals surface area contributed by atoms with Gasteiger partial charge in [0.1, 0.15) is 12.4 Å². The van der Waals surface area contributed by atoms with E-state index in [1.54, 1.807) is 12.3 Å². The van der Waals surface area contributed by atoms with E-state index in [1.807, 2.05) is 0 Å². The van der Waals surface area contributed by atoms with Gasteiger partial charge in [0.2, 0.25) is 0 Å². The molecule has 0 saturated carbocycles. The lowest BCUT2D eigenvalue weighted by atomic mass is 10.1. The van der Waals surface area contributed by atoms with Crippen molar-refractivity contribution < 1.29 is 9.90 Å². The summed E-state index contributed by atoms with van der Waals surface area (Å²) < 4.78 is 0. The number of carbonyl (C=O) groups is 1. The van der Waals surface area contributed by atoms with Crippen LogP contribution in [0, 0.1) is 0 Å². The van der Waals surface area contributed by atoms with E-state index < -0.39 is 12.0 Å². The van der Waals surface area contributed by atoms with Gasteiger partial charge in [-0.15, -0.1) is 0 Å². The molecule has 13 heavy (non-hydrogen) atoms. The van der Waals surface area contributed by atoms with Gasteiger partial charge in [0.15, 0.2) is 0 Å². The molecule has 1 rings (SSSR count). The van der Waals surface area contributed by atoms with Crippen LogP contribution in [0.2, 0.25) is 0 Å². The first-order valence-corrected chi connectivity index (χ1v) is 3.93. The molecule has 5 nitrogen and oxygen atoms in total. The fourth-order valence-corrected chi connectivity index (χ4v) is 0.893. The van der Waals surface area contributed by atoms with Crippen LogP contribution in [0.3, 0.4) is 0 Å². The van der Waals surface area contributed by atoms with E-state index in [0.717, 1.165) is 5.69 Å². The van der Waals surface area contributed by atoms with Crippen molar-refractivity contribution in [2.45, 2.75) is 18.9 Å². The zero-order valence-electron chi connectivity index (χ0n) is 7.05. The fourth-order valence-electron chi connectivity index (χ4n) is 0.893. The molecule has 1 unspecified atom stereocenters.